The summed E-state index contributed by atoms with van der Waals surface area (Å²) < 4.78 is 0. The molecule has 8 nitrogen and oxygen atoms in total. The minimum Gasteiger partial charge on any atom is -0.411 e. The summed E-state index contributed by atoms with van der Waals surface area (Å²) in [6.45, 7) is 0.146. The Labute approximate surface area is 184 Å². The number of amides is 1. The zero-order chi connectivity index (χ0) is 22.5. The molecule has 0 aromatic heterocycles. The zero-order valence-corrected chi connectivity index (χ0v) is 17.1. The van der Waals surface area contributed by atoms with Gasteiger partial charge in [-0.05, 0) is 35.2 Å². The van der Waals surface area contributed by atoms with Crippen LogP contribution in [0.1, 0.15) is 22.7 Å². The fourth-order valence-corrected chi connectivity index (χ4v) is 3.83. The Kier molecular flexibility index (Phi) is 6.23. The number of carbonyl (C=O) groups excluding carboxylic acids is 1. The van der Waals surface area contributed by atoms with E-state index in [1.165, 1.54) is 17.2 Å². The van der Waals surface area contributed by atoms with Gasteiger partial charge in [-0.2, -0.15) is 0 Å². The Morgan fingerprint density at radius 1 is 0.938 bits per heavy atom. The molecular formula is C24H21N3O5. The van der Waals surface area contributed by atoms with Gasteiger partial charge in [0.2, 0.25) is 0 Å². The molecule has 0 bridgehead atoms. The molecule has 1 N–H and O–H groups in total. The van der Waals surface area contributed by atoms with Crippen LogP contribution in [0.15, 0.2) is 90.1 Å². The summed E-state index contributed by atoms with van der Waals surface area (Å²) in [5.74, 6) is -1.06. The lowest BCUT2D eigenvalue weighted by molar-refractivity contribution is -0.384. The van der Waals surface area contributed by atoms with Crippen molar-refractivity contribution in [3.8, 4) is 0 Å². The maximum atomic E-state index is 13.4. The third-order valence-corrected chi connectivity index (χ3v) is 5.42. The van der Waals surface area contributed by atoms with Gasteiger partial charge in [0.1, 0.15) is 12.6 Å². The van der Waals surface area contributed by atoms with Gasteiger partial charge in [-0.25, -0.2) is 5.06 Å². The average Bonchev–Trinajstić information content (AvgIpc) is 3.09. The molecule has 2 unspecified atom stereocenters. The number of hydrogen-bond donors (Lipinski definition) is 1. The van der Waals surface area contributed by atoms with Crippen molar-refractivity contribution in [2.75, 3.05) is 0 Å². The summed E-state index contributed by atoms with van der Waals surface area (Å²) in [7, 11) is 0. The van der Waals surface area contributed by atoms with Crippen molar-refractivity contribution in [1.82, 2.24) is 5.06 Å². The van der Waals surface area contributed by atoms with E-state index in [1.54, 1.807) is 12.1 Å². The van der Waals surface area contributed by atoms with Crippen LogP contribution in [-0.2, 0) is 22.7 Å². The van der Waals surface area contributed by atoms with Gasteiger partial charge in [0.05, 0.1) is 16.6 Å². The van der Waals surface area contributed by atoms with E-state index in [1.807, 2.05) is 60.7 Å². The Balaban J connectivity index is 1.67. The molecule has 1 amide bonds. The highest BCUT2D eigenvalue weighted by Crippen LogP contribution is 2.37. The normalized spacial score (nSPS) is 19.4. The van der Waals surface area contributed by atoms with E-state index >= 15 is 0 Å². The lowest BCUT2D eigenvalue weighted by Gasteiger charge is -2.23. The monoisotopic (exact) mass is 431 g/mol. The largest absolute Gasteiger partial charge is 0.411 e. The first kappa shape index (κ1) is 21.2. The van der Waals surface area contributed by atoms with Gasteiger partial charge in [0.15, 0.2) is 0 Å². The SMILES string of the molecule is O=C1C(Cc2ccccc2)C(=NO)C(c2ccc([N+](=O)[O-])cc2)N1OCc1ccccc1. The summed E-state index contributed by atoms with van der Waals surface area (Å²) in [5.41, 5.74) is 2.51. The van der Waals surface area contributed by atoms with Crippen LogP contribution in [0.3, 0.4) is 0 Å². The van der Waals surface area contributed by atoms with Crippen LogP contribution in [0.2, 0.25) is 0 Å². The lowest BCUT2D eigenvalue weighted by Crippen LogP contribution is -2.30. The third-order valence-electron chi connectivity index (χ3n) is 5.42. The van der Waals surface area contributed by atoms with Crippen molar-refractivity contribution in [1.29, 1.82) is 0 Å². The standard InChI is InChI=1S/C24H21N3O5/c28-24-21(15-17-7-3-1-4-8-17)22(25-29)23(19-11-13-20(14-12-19)27(30)31)26(24)32-16-18-9-5-2-6-10-18/h1-14,21,23,29H,15-16H2. The second-order valence-electron chi connectivity index (χ2n) is 7.44. The first-order valence-corrected chi connectivity index (χ1v) is 10.1. The maximum absolute atomic E-state index is 13.4. The fraction of sp³-hybridized carbons (Fsp3) is 0.167. The number of rotatable bonds is 7. The van der Waals surface area contributed by atoms with Crippen molar-refractivity contribution in [2.45, 2.75) is 19.1 Å². The minimum atomic E-state index is -0.800. The zero-order valence-electron chi connectivity index (χ0n) is 17.1. The second kappa shape index (κ2) is 9.40. The average molecular weight is 431 g/mol. The molecule has 162 valence electrons. The Morgan fingerprint density at radius 3 is 2.09 bits per heavy atom. The van der Waals surface area contributed by atoms with Crippen molar-refractivity contribution >= 4 is 17.3 Å². The Hall–Kier alpha value is -4.04. The van der Waals surface area contributed by atoms with Crippen LogP contribution in [0, 0.1) is 16.0 Å². The van der Waals surface area contributed by atoms with Gasteiger partial charge in [-0.1, -0.05) is 65.8 Å². The molecular weight excluding hydrogens is 410 g/mol. The summed E-state index contributed by atoms with van der Waals surface area (Å²) in [6.07, 6.45) is 0.341. The topological polar surface area (TPSA) is 105 Å². The van der Waals surface area contributed by atoms with Crippen LogP contribution < -0.4 is 0 Å². The number of hydrogen-bond acceptors (Lipinski definition) is 6. The van der Waals surface area contributed by atoms with Crippen LogP contribution in [-0.4, -0.2) is 26.8 Å². The number of non-ortho nitro benzene ring substituents is 1. The molecule has 4 rings (SSSR count). The fourth-order valence-electron chi connectivity index (χ4n) is 3.83. The highest BCUT2D eigenvalue weighted by molar-refractivity contribution is 6.12. The molecule has 3 aromatic carbocycles. The van der Waals surface area contributed by atoms with E-state index in [0.717, 1.165) is 11.1 Å². The van der Waals surface area contributed by atoms with E-state index in [0.29, 0.717) is 12.0 Å². The lowest BCUT2D eigenvalue weighted by atomic mass is 9.92. The van der Waals surface area contributed by atoms with Crippen molar-refractivity contribution < 1.29 is 19.8 Å². The third kappa shape index (κ3) is 4.35. The number of hydroxylamine groups is 2. The van der Waals surface area contributed by atoms with Crippen LogP contribution >= 0.6 is 0 Å². The number of nitro benzene ring substituents is 1. The van der Waals surface area contributed by atoms with Crippen LogP contribution in [0.4, 0.5) is 5.69 Å². The molecule has 1 aliphatic rings. The Morgan fingerprint density at radius 2 is 1.53 bits per heavy atom. The van der Waals surface area contributed by atoms with Crippen LogP contribution in [0.5, 0.6) is 0 Å². The summed E-state index contributed by atoms with van der Waals surface area (Å²) in [5, 5.41) is 25.6. The molecule has 8 heteroatoms. The molecule has 1 fully saturated rings. The number of nitrogens with zero attached hydrogens (tertiary/aromatic N) is 3. The molecule has 0 radical (unpaired) electrons. The van der Waals surface area contributed by atoms with Crippen molar-refractivity contribution in [3.05, 3.63) is 112 Å². The van der Waals surface area contributed by atoms with Gasteiger partial charge < -0.3 is 5.21 Å². The van der Waals surface area contributed by atoms with E-state index in [-0.39, 0.29) is 23.9 Å². The van der Waals surface area contributed by atoms with Gasteiger partial charge in [0.25, 0.3) is 11.6 Å². The van der Waals surface area contributed by atoms with Gasteiger partial charge >= 0.3 is 0 Å². The Bertz CT molecular complexity index is 1120. The molecule has 3 aromatic rings. The smallest absolute Gasteiger partial charge is 0.269 e. The van der Waals surface area contributed by atoms with Gasteiger partial charge in [0, 0.05) is 12.1 Å². The molecule has 1 aliphatic heterocycles. The molecule has 0 saturated carbocycles. The highest BCUT2D eigenvalue weighted by Gasteiger charge is 2.47. The number of nitro groups is 1. The maximum Gasteiger partial charge on any atom is 0.269 e. The summed E-state index contributed by atoms with van der Waals surface area (Å²) in [6, 6.07) is 23.8. The van der Waals surface area contributed by atoms with E-state index in [9.17, 15) is 20.1 Å². The number of oxime groups is 1. The van der Waals surface area contributed by atoms with Crippen molar-refractivity contribution in [3.63, 3.8) is 0 Å². The van der Waals surface area contributed by atoms with Gasteiger partial charge in [-0.3, -0.25) is 19.7 Å². The van der Waals surface area contributed by atoms with E-state index < -0.39 is 16.9 Å². The molecule has 0 spiro atoms. The summed E-state index contributed by atoms with van der Waals surface area (Å²) in [4.78, 5) is 29.8. The van der Waals surface area contributed by atoms with Crippen LogP contribution in [0.25, 0.3) is 0 Å². The molecule has 1 heterocycles. The minimum absolute atomic E-state index is 0.0712. The molecule has 32 heavy (non-hydrogen) atoms. The van der Waals surface area contributed by atoms with E-state index in [4.69, 9.17) is 4.84 Å². The van der Waals surface area contributed by atoms with E-state index in [2.05, 4.69) is 5.16 Å². The molecule has 1 saturated heterocycles. The second-order valence-corrected chi connectivity index (χ2v) is 7.44. The quantitative estimate of drug-likeness (QED) is 0.341. The molecule has 2 atom stereocenters. The first-order chi connectivity index (χ1) is 15.6. The predicted molar refractivity (Wildman–Crippen MR) is 117 cm³/mol. The number of carbonyl (C=O) groups is 1. The summed E-state index contributed by atoms with van der Waals surface area (Å²) >= 11 is 0. The van der Waals surface area contributed by atoms with Gasteiger partial charge in [-0.15, -0.1) is 0 Å². The number of benzene rings is 3. The predicted octanol–water partition coefficient (Wildman–Crippen LogP) is 4.30. The van der Waals surface area contributed by atoms with Crippen molar-refractivity contribution in [2.24, 2.45) is 11.1 Å². The molecule has 0 aliphatic carbocycles. The first-order valence-electron chi connectivity index (χ1n) is 10.1. The highest BCUT2D eigenvalue weighted by atomic mass is 16.7.